The van der Waals surface area contributed by atoms with Crippen molar-refractivity contribution in [1.82, 2.24) is 5.32 Å². The van der Waals surface area contributed by atoms with Crippen LogP contribution in [0.2, 0.25) is 0 Å². The fraction of sp³-hybridized carbons (Fsp3) is 0.538. The molecule has 0 amide bonds. The van der Waals surface area contributed by atoms with Gasteiger partial charge in [0.05, 0.1) is 13.7 Å². The van der Waals surface area contributed by atoms with Gasteiger partial charge in [-0.3, -0.25) is 0 Å². The Morgan fingerprint density at radius 1 is 1.12 bits per heavy atom. The molecule has 0 aromatic heterocycles. The first kappa shape index (κ1) is 13.0. The summed E-state index contributed by atoms with van der Waals surface area (Å²) in [6, 6.07) is 8.07. The van der Waals surface area contributed by atoms with E-state index in [2.05, 4.69) is 31.3 Å². The Labute approximate surface area is 97.8 Å². The molecule has 3 heteroatoms. The quantitative estimate of drug-likeness (QED) is 0.802. The summed E-state index contributed by atoms with van der Waals surface area (Å²) >= 11 is 0. The van der Waals surface area contributed by atoms with Gasteiger partial charge in [0, 0.05) is 19.2 Å². The summed E-state index contributed by atoms with van der Waals surface area (Å²) in [5.74, 6) is 0.889. The molecule has 0 saturated heterocycles. The number of rotatable bonds is 6. The summed E-state index contributed by atoms with van der Waals surface area (Å²) in [5.41, 5.74) is 1.24. The molecule has 1 aromatic carbocycles. The van der Waals surface area contributed by atoms with E-state index >= 15 is 0 Å². The molecule has 0 aliphatic rings. The van der Waals surface area contributed by atoms with E-state index in [0.29, 0.717) is 6.61 Å². The highest BCUT2D eigenvalue weighted by Gasteiger charge is 2.15. The van der Waals surface area contributed by atoms with Gasteiger partial charge in [0.25, 0.3) is 0 Å². The van der Waals surface area contributed by atoms with Gasteiger partial charge in [0.2, 0.25) is 0 Å². The molecule has 1 N–H and O–H groups in total. The molecule has 0 heterocycles. The highest BCUT2D eigenvalue weighted by atomic mass is 16.5. The normalized spacial score (nSPS) is 11.5. The summed E-state index contributed by atoms with van der Waals surface area (Å²) in [5, 5.41) is 3.45. The minimum Gasteiger partial charge on any atom is -0.497 e. The van der Waals surface area contributed by atoms with E-state index in [1.807, 2.05) is 12.1 Å². The van der Waals surface area contributed by atoms with Crippen LogP contribution in [0.1, 0.15) is 19.4 Å². The molecule has 1 rings (SSSR count). The molecule has 0 unspecified atom stereocenters. The molecule has 0 bridgehead atoms. The zero-order chi connectivity index (χ0) is 12.0. The average Bonchev–Trinajstić information content (AvgIpc) is 2.27. The molecule has 0 aliphatic heterocycles. The second-order valence-corrected chi connectivity index (χ2v) is 4.52. The number of ether oxygens (including phenoxy) is 2. The zero-order valence-corrected chi connectivity index (χ0v) is 10.5. The Hall–Kier alpha value is -1.06. The fourth-order valence-corrected chi connectivity index (χ4v) is 1.50. The second kappa shape index (κ2) is 5.87. The number of hydrogen-bond acceptors (Lipinski definition) is 3. The number of benzene rings is 1. The van der Waals surface area contributed by atoms with Gasteiger partial charge in [-0.15, -0.1) is 0 Å². The molecular weight excluding hydrogens is 202 g/mol. The molecule has 16 heavy (non-hydrogen) atoms. The molecule has 0 spiro atoms. The van der Waals surface area contributed by atoms with Crippen molar-refractivity contribution in [1.29, 1.82) is 0 Å². The van der Waals surface area contributed by atoms with E-state index in [4.69, 9.17) is 9.47 Å². The first-order valence-electron chi connectivity index (χ1n) is 5.44. The lowest BCUT2D eigenvalue weighted by Crippen LogP contribution is -2.42. The third-order valence-corrected chi connectivity index (χ3v) is 2.44. The topological polar surface area (TPSA) is 30.5 Å². The van der Waals surface area contributed by atoms with Crippen molar-refractivity contribution in [2.75, 3.05) is 20.8 Å². The molecule has 0 aliphatic carbocycles. The predicted molar refractivity (Wildman–Crippen MR) is 65.8 cm³/mol. The highest BCUT2D eigenvalue weighted by Crippen LogP contribution is 2.12. The lowest BCUT2D eigenvalue weighted by Gasteiger charge is -2.25. The average molecular weight is 223 g/mol. The van der Waals surface area contributed by atoms with E-state index in [1.165, 1.54) is 5.56 Å². The fourth-order valence-electron chi connectivity index (χ4n) is 1.50. The van der Waals surface area contributed by atoms with E-state index in [9.17, 15) is 0 Å². The molecule has 3 nitrogen and oxygen atoms in total. The van der Waals surface area contributed by atoms with Crippen LogP contribution in [0.3, 0.4) is 0 Å². The minimum absolute atomic E-state index is 0.00528. The van der Waals surface area contributed by atoms with Crippen LogP contribution in [0.4, 0.5) is 0 Å². The van der Waals surface area contributed by atoms with E-state index in [-0.39, 0.29) is 5.54 Å². The van der Waals surface area contributed by atoms with Gasteiger partial charge >= 0.3 is 0 Å². The van der Waals surface area contributed by atoms with Crippen LogP contribution < -0.4 is 10.1 Å². The summed E-state index contributed by atoms with van der Waals surface area (Å²) in [6.45, 7) is 5.78. The Morgan fingerprint density at radius 3 is 2.25 bits per heavy atom. The minimum atomic E-state index is -0.00528. The molecular formula is C13H21NO2. The van der Waals surface area contributed by atoms with Gasteiger partial charge in [0.1, 0.15) is 5.75 Å². The van der Waals surface area contributed by atoms with Crippen molar-refractivity contribution in [2.45, 2.75) is 25.9 Å². The van der Waals surface area contributed by atoms with Gasteiger partial charge in [-0.05, 0) is 31.5 Å². The van der Waals surface area contributed by atoms with Crippen LogP contribution in [-0.4, -0.2) is 26.4 Å². The maximum atomic E-state index is 5.15. The first-order chi connectivity index (χ1) is 7.57. The molecule has 0 radical (unpaired) electrons. The van der Waals surface area contributed by atoms with Crippen LogP contribution >= 0.6 is 0 Å². The Bertz CT molecular complexity index is 306. The van der Waals surface area contributed by atoms with Gasteiger partial charge in [-0.1, -0.05) is 12.1 Å². The van der Waals surface area contributed by atoms with Crippen LogP contribution in [0.15, 0.2) is 24.3 Å². The lowest BCUT2D eigenvalue weighted by atomic mass is 10.1. The maximum Gasteiger partial charge on any atom is 0.118 e. The van der Waals surface area contributed by atoms with Crippen molar-refractivity contribution < 1.29 is 9.47 Å². The standard InChI is InChI=1S/C13H21NO2/c1-13(2,10-15-3)14-9-11-5-7-12(16-4)8-6-11/h5-8,14H,9-10H2,1-4H3. The zero-order valence-electron chi connectivity index (χ0n) is 10.5. The van der Waals surface area contributed by atoms with E-state index in [1.54, 1.807) is 14.2 Å². The Kier molecular flexibility index (Phi) is 4.77. The number of hydrogen-bond donors (Lipinski definition) is 1. The summed E-state index contributed by atoms with van der Waals surface area (Å²) in [7, 11) is 3.39. The second-order valence-electron chi connectivity index (χ2n) is 4.52. The van der Waals surface area contributed by atoms with Gasteiger partial charge in [0.15, 0.2) is 0 Å². The molecule has 90 valence electrons. The monoisotopic (exact) mass is 223 g/mol. The predicted octanol–water partition coefficient (Wildman–Crippen LogP) is 2.21. The van der Waals surface area contributed by atoms with Crippen molar-refractivity contribution in [3.8, 4) is 5.75 Å². The molecule has 1 aromatic rings. The Balaban J connectivity index is 2.48. The third-order valence-electron chi connectivity index (χ3n) is 2.44. The number of methoxy groups -OCH3 is 2. The summed E-state index contributed by atoms with van der Waals surface area (Å²) in [4.78, 5) is 0. The van der Waals surface area contributed by atoms with Crippen LogP contribution in [0.25, 0.3) is 0 Å². The Morgan fingerprint density at radius 2 is 1.75 bits per heavy atom. The van der Waals surface area contributed by atoms with Crippen molar-refractivity contribution in [2.24, 2.45) is 0 Å². The van der Waals surface area contributed by atoms with Crippen molar-refractivity contribution in [3.05, 3.63) is 29.8 Å². The SMILES string of the molecule is COCC(C)(C)NCc1ccc(OC)cc1. The summed E-state index contributed by atoms with van der Waals surface area (Å²) < 4.78 is 10.3. The largest absolute Gasteiger partial charge is 0.497 e. The molecule has 0 atom stereocenters. The van der Waals surface area contributed by atoms with Crippen LogP contribution in [0.5, 0.6) is 5.75 Å². The lowest BCUT2D eigenvalue weighted by molar-refractivity contribution is 0.128. The van der Waals surface area contributed by atoms with Crippen molar-refractivity contribution in [3.63, 3.8) is 0 Å². The smallest absolute Gasteiger partial charge is 0.118 e. The van der Waals surface area contributed by atoms with Gasteiger partial charge in [-0.2, -0.15) is 0 Å². The van der Waals surface area contributed by atoms with Gasteiger partial charge in [-0.25, -0.2) is 0 Å². The van der Waals surface area contributed by atoms with Crippen LogP contribution in [-0.2, 0) is 11.3 Å². The molecule has 0 fully saturated rings. The highest BCUT2D eigenvalue weighted by molar-refractivity contribution is 5.27. The third kappa shape index (κ3) is 4.21. The molecule has 0 saturated carbocycles. The number of nitrogens with one attached hydrogen (secondary N) is 1. The summed E-state index contributed by atoms with van der Waals surface area (Å²) in [6.07, 6.45) is 0. The van der Waals surface area contributed by atoms with Crippen LogP contribution in [0, 0.1) is 0 Å². The van der Waals surface area contributed by atoms with Crippen molar-refractivity contribution >= 4 is 0 Å². The first-order valence-corrected chi connectivity index (χ1v) is 5.44. The van der Waals surface area contributed by atoms with E-state index in [0.717, 1.165) is 12.3 Å². The maximum absolute atomic E-state index is 5.15. The van der Waals surface area contributed by atoms with Gasteiger partial charge < -0.3 is 14.8 Å². The van der Waals surface area contributed by atoms with E-state index < -0.39 is 0 Å².